The molecule has 2 aromatic rings. The molecule has 0 saturated carbocycles. The Morgan fingerprint density at radius 2 is 2.00 bits per heavy atom. The molecule has 1 aromatic heterocycles. The minimum absolute atomic E-state index is 0.132. The van der Waals surface area contributed by atoms with Crippen LogP contribution in [0.4, 0.5) is 0 Å². The van der Waals surface area contributed by atoms with Crippen LogP contribution in [0, 0.1) is 0 Å². The van der Waals surface area contributed by atoms with Gasteiger partial charge in [-0.05, 0) is 48.7 Å². The molecule has 0 radical (unpaired) electrons. The summed E-state index contributed by atoms with van der Waals surface area (Å²) < 4.78 is 5.19. The Bertz CT molecular complexity index is 754. The summed E-state index contributed by atoms with van der Waals surface area (Å²) in [6.45, 7) is 1.35. The molecule has 0 aliphatic rings. The molecule has 0 amide bonds. The lowest BCUT2D eigenvalue weighted by molar-refractivity contribution is -0.131. The number of benzene rings is 1. The van der Waals surface area contributed by atoms with Crippen molar-refractivity contribution in [3.63, 3.8) is 0 Å². The number of hydrogen-bond acceptors (Lipinski definition) is 5. The standard InChI is InChI=1S/C17H15NO4S/c1-11(19)22-16-8-7-15(23-2)9-12(16)3-5-14-6-4-13(10-18-14)17(20)21/h3-10H,1-2H3,(H,20,21). The summed E-state index contributed by atoms with van der Waals surface area (Å²) in [7, 11) is 0. The van der Waals surface area contributed by atoms with Crippen LogP contribution in [0.5, 0.6) is 5.75 Å². The van der Waals surface area contributed by atoms with Gasteiger partial charge in [0, 0.05) is 23.6 Å². The molecule has 23 heavy (non-hydrogen) atoms. The van der Waals surface area contributed by atoms with Crippen LogP contribution < -0.4 is 4.74 Å². The Kier molecular flexibility index (Phi) is 5.54. The molecule has 0 spiro atoms. The molecule has 6 heteroatoms. The minimum Gasteiger partial charge on any atom is -0.478 e. The first kappa shape index (κ1) is 16.8. The minimum atomic E-state index is -1.02. The van der Waals surface area contributed by atoms with E-state index in [4.69, 9.17) is 9.84 Å². The average molecular weight is 329 g/mol. The highest BCUT2D eigenvalue weighted by Gasteiger charge is 2.06. The van der Waals surface area contributed by atoms with Crippen molar-refractivity contribution in [3.05, 3.63) is 53.3 Å². The molecule has 0 aliphatic heterocycles. The second kappa shape index (κ2) is 7.60. The van der Waals surface area contributed by atoms with Crippen molar-refractivity contribution in [1.82, 2.24) is 4.98 Å². The fourth-order valence-electron chi connectivity index (χ4n) is 1.84. The van der Waals surface area contributed by atoms with Crippen LogP contribution in [-0.2, 0) is 4.79 Å². The molecule has 1 heterocycles. The van der Waals surface area contributed by atoms with Gasteiger partial charge in [-0.25, -0.2) is 4.79 Å². The van der Waals surface area contributed by atoms with E-state index >= 15 is 0 Å². The number of carbonyl (C=O) groups excluding carboxylic acids is 1. The second-order valence-corrected chi connectivity index (χ2v) is 5.49. The molecule has 1 aromatic carbocycles. The number of aromatic carboxylic acids is 1. The number of carbonyl (C=O) groups is 2. The quantitative estimate of drug-likeness (QED) is 0.513. The lowest BCUT2D eigenvalue weighted by Gasteiger charge is -2.07. The summed E-state index contributed by atoms with van der Waals surface area (Å²) in [5, 5.41) is 8.85. The first-order valence-corrected chi connectivity index (χ1v) is 7.96. The summed E-state index contributed by atoms with van der Waals surface area (Å²) in [5.74, 6) is -0.938. The summed E-state index contributed by atoms with van der Waals surface area (Å²) >= 11 is 1.58. The molecule has 0 aliphatic carbocycles. The molecule has 118 valence electrons. The van der Waals surface area contributed by atoms with Gasteiger partial charge in [-0.1, -0.05) is 0 Å². The van der Waals surface area contributed by atoms with Gasteiger partial charge in [0.15, 0.2) is 0 Å². The van der Waals surface area contributed by atoms with Crippen LogP contribution >= 0.6 is 11.8 Å². The van der Waals surface area contributed by atoms with E-state index in [2.05, 4.69) is 4.98 Å². The van der Waals surface area contributed by atoms with Gasteiger partial charge < -0.3 is 9.84 Å². The predicted octanol–water partition coefficient (Wildman–Crippen LogP) is 3.60. The maximum atomic E-state index is 11.2. The van der Waals surface area contributed by atoms with Gasteiger partial charge in [-0.15, -0.1) is 11.8 Å². The van der Waals surface area contributed by atoms with Gasteiger partial charge in [0.2, 0.25) is 0 Å². The fraction of sp³-hybridized carbons (Fsp3) is 0.118. The number of esters is 1. The lowest BCUT2D eigenvalue weighted by atomic mass is 10.1. The fourth-order valence-corrected chi connectivity index (χ4v) is 2.29. The van der Waals surface area contributed by atoms with E-state index in [0.717, 1.165) is 10.5 Å². The van der Waals surface area contributed by atoms with Crippen LogP contribution in [0.2, 0.25) is 0 Å². The Labute approximate surface area is 138 Å². The van der Waals surface area contributed by atoms with Crippen LogP contribution in [0.25, 0.3) is 12.2 Å². The molecular weight excluding hydrogens is 314 g/mol. The van der Waals surface area contributed by atoms with Gasteiger partial charge in [-0.2, -0.15) is 0 Å². The molecular formula is C17H15NO4S. The highest BCUT2D eigenvalue weighted by atomic mass is 32.2. The Balaban J connectivity index is 2.29. The first-order chi connectivity index (χ1) is 11.0. The van der Waals surface area contributed by atoms with E-state index in [9.17, 15) is 9.59 Å². The highest BCUT2D eigenvalue weighted by Crippen LogP contribution is 2.26. The zero-order chi connectivity index (χ0) is 16.8. The van der Waals surface area contributed by atoms with Crippen molar-refractivity contribution in [2.24, 2.45) is 0 Å². The summed E-state index contributed by atoms with van der Waals surface area (Å²) in [5.41, 5.74) is 1.49. The van der Waals surface area contributed by atoms with Crippen LogP contribution in [0.15, 0.2) is 41.4 Å². The topological polar surface area (TPSA) is 76.5 Å². The Morgan fingerprint density at radius 1 is 1.22 bits per heavy atom. The Morgan fingerprint density at radius 3 is 2.57 bits per heavy atom. The van der Waals surface area contributed by atoms with E-state index in [0.29, 0.717) is 11.4 Å². The van der Waals surface area contributed by atoms with Gasteiger partial charge in [0.1, 0.15) is 5.75 Å². The second-order valence-electron chi connectivity index (χ2n) is 4.61. The maximum absolute atomic E-state index is 11.2. The van der Waals surface area contributed by atoms with Crippen molar-refractivity contribution in [2.45, 2.75) is 11.8 Å². The number of pyridine rings is 1. The molecule has 0 fully saturated rings. The molecule has 1 N–H and O–H groups in total. The number of aromatic nitrogens is 1. The normalized spacial score (nSPS) is 10.7. The maximum Gasteiger partial charge on any atom is 0.337 e. The molecule has 0 saturated heterocycles. The van der Waals surface area contributed by atoms with Crippen LogP contribution in [0.1, 0.15) is 28.5 Å². The van der Waals surface area contributed by atoms with Crippen molar-refractivity contribution in [2.75, 3.05) is 6.26 Å². The number of ether oxygens (including phenoxy) is 1. The van der Waals surface area contributed by atoms with Crippen LogP contribution in [0.3, 0.4) is 0 Å². The first-order valence-electron chi connectivity index (χ1n) is 6.73. The third kappa shape index (κ3) is 4.69. The molecule has 0 bridgehead atoms. The third-order valence-corrected chi connectivity index (χ3v) is 3.66. The number of hydrogen-bond donors (Lipinski definition) is 1. The predicted molar refractivity (Wildman–Crippen MR) is 89.7 cm³/mol. The van der Waals surface area contributed by atoms with Crippen molar-refractivity contribution in [1.29, 1.82) is 0 Å². The molecule has 5 nitrogen and oxygen atoms in total. The number of carboxylic acid groups (broad SMARTS) is 1. The number of thioether (sulfide) groups is 1. The van der Waals surface area contributed by atoms with E-state index < -0.39 is 5.97 Å². The molecule has 0 atom stereocenters. The average Bonchev–Trinajstić information content (AvgIpc) is 2.53. The van der Waals surface area contributed by atoms with Gasteiger partial charge in [-0.3, -0.25) is 9.78 Å². The van der Waals surface area contributed by atoms with E-state index in [1.807, 2.05) is 18.4 Å². The summed E-state index contributed by atoms with van der Waals surface area (Å²) in [6, 6.07) is 8.63. The zero-order valence-corrected chi connectivity index (χ0v) is 13.5. The zero-order valence-electron chi connectivity index (χ0n) is 12.6. The number of rotatable bonds is 5. The lowest BCUT2D eigenvalue weighted by Crippen LogP contribution is -2.02. The van der Waals surface area contributed by atoms with E-state index in [1.165, 1.54) is 19.2 Å². The van der Waals surface area contributed by atoms with Crippen molar-refractivity contribution < 1.29 is 19.4 Å². The SMILES string of the molecule is CSc1ccc(OC(C)=O)c(C=Cc2ccc(C(=O)O)cn2)c1. The van der Waals surface area contributed by atoms with Crippen molar-refractivity contribution >= 4 is 35.9 Å². The van der Waals surface area contributed by atoms with Gasteiger partial charge in [0.25, 0.3) is 0 Å². The highest BCUT2D eigenvalue weighted by molar-refractivity contribution is 7.98. The van der Waals surface area contributed by atoms with Crippen LogP contribution in [-0.4, -0.2) is 28.3 Å². The van der Waals surface area contributed by atoms with E-state index in [-0.39, 0.29) is 11.5 Å². The third-order valence-electron chi connectivity index (χ3n) is 2.94. The smallest absolute Gasteiger partial charge is 0.337 e. The van der Waals surface area contributed by atoms with Crippen molar-refractivity contribution in [3.8, 4) is 5.75 Å². The Hall–Kier alpha value is -2.60. The molecule has 2 rings (SSSR count). The molecule has 0 unspecified atom stereocenters. The monoisotopic (exact) mass is 329 g/mol. The van der Waals surface area contributed by atoms with Gasteiger partial charge in [0.05, 0.1) is 11.3 Å². The number of nitrogens with zero attached hydrogens (tertiary/aromatic N) is 1. The van der Waals surface area contributed by atoms with Gasteiger partial charge >= 0.3 is 11.9 Å². The van der Waals surface area contributed by atoms with E-state index in [1.54, 1.807) is 36.0 Å². The summed E-state index contributed by atoms with van der Waals surface area (Å²) in [4.78, 5) is 27.1. The largest absolute Gasteiger partial charge is 0.478 e. The number of carboxylic acids is 1. The summed E-state index contributed by atoms with van der Waals surface area (Å²) in [6.07, 6.45) is 6.77.